The smallest absolute Gasteiger partial charge is 0.356 e. The van der Waals surface area contributed by atoms with Crippen molar-refractivity contribution >= 4 is 18.2 Å². The third-order valence-electron chi connectivity index (χ3n) is 1.29. The maximum absolute atomic E-state index is 10.9. The molecule has 1 rings (SSSR count). The summed E-state index contributed by atoms with van der Waals surface area (Å²) < 4.78 is 6.62. The molecule has 0 unspecified atom stereocenters. The number of rotatable bonds is 1. The lowest BCUT2D eigenvalue weighted by molar-refractivity contribution is 0.0594. The van der Waals surface area contributed by atoms with Crippen molar-refractivity contribution in [1.29, 1.82) is 0 Å². The van der Waals surface area contributed by atoms with Crippen LogP contribution in [0.1, 0.15) is 10.5 Å². The number of aromatic amines is 1. The number of aromatic nitrogens is 2. The molecule has 0 bridgehead atoms. The van der Waals surface area contributed by atoms with Gasteiger partial charge in [0.25, 0.3) is 0 Å². The summed E-state index contributed by atoms with van der Waals surface area (Å²) in [4.78, 5) is 13.6. The minimum atomic E-state index is -0.406. The summed E-state index contributed by atoms with van der Waals surface area (Å²) in [5, 5.41) is 0. The summed E-state index contributed by atoms with van der Waals surface area (Å²) in [6.07, 6.45) is 1.59. The number of carbonyl (C=O) groups excluding carboxylic acids is 1. The molecular formula is C6H8N2O2S. The van der Waals surface area contributed by atoms with Crippen molar-refractivity contribution < 1.29 is 9.53 Å². The zero-order chi connectivity index (χ0) is 8.43. The average molecular weight is 172 g/mol. The molecule has 60 valence electrons. The van der Waals surface area contributed by atoms with Crippen LogP contribution in [0.25, 0.3) is 0 Å². The van der Waals surface area contributed by atoms with Crippen molar-refractivity contribution in [2.45, 2.75) is 0 Å². The maximum Gasteiger partial charge on any atom is 0.356 e. The number of aryl methyl sites for hydroxylation is 1. The van der Waals surface area contributed by atoms with E-state index in [-0.39, 0.29) is 0 Å². The van der Waals surface area contributed by atoms with Crippen LogP contribution < -0.4 is 0 Å². The van der Waals surface area contributed by atoms with Crippen LogP contribution in [0.3, 0.4) is 0 Å². The Hall–Kier alpha value is -1.10. The number of H-pyrrole nitrogens is 1. The van der Waals surface area contributed by atoms with E-state index in [0.717, 1.165) is 0 Å². The van der Waals surface area contributed by atoms with Crippen LogP contribution in [-0.2, 0) is 11.8 Å². The molecular weight excluding hydrogens is 164 g/mol. The molecule has 0 aliphatic rings. The monoisotopic (exact) mass is 172 g/mol. The fourth-order valence-corrected chi connectivity index (χ4v) is 0.864. The minimum Gasteiger partial charge on any atom is -0.464 e. The topological polar surface area (TPSA) is 47.0 Å². The van der Waals surface area contributed by atoms with E-state index in [9.17, 15) is 4.79 Å². The molecule has 0 saturated carbocycles. The van der Waals surface area contributed by atoms with Crippen LogP contribution in [0.4, 0.5) is 0 Å². The van der Waals surface area contributed by atoms with E-state index in [1.54, 1.807) is 17.8 Å². The number of hydrogen-bond donors (Lipinski definition) is 1. The third-order valence-corrected chi connectivity index (χ3v) is 1.68. The van der Waals surface area contributed by atoms with Crippen molar-refractivity contribution in [3.8, 4) is 0 Å². The molecule has 0 amide bonds. The van der Waals surface area contributed by atoms with Gasteiger partial charge in [-0.25, -0.2) is 4.79 Å². The van der Waals surface area contributed by atoms with Crippen LogP contribution in [-0.4, -0.2) is 22.6 Å². The van der Waals surface area contributed by atoms with E-state index < -0.39 is 5.97 Å². The first-order valence-corrected chi connectivity index (χ1v) is 3.40. The van der Waals surface area contributed by atoms with Gasteiger partial charge in [0.2, 0.25) is 0 Å². The van der Waals surface area contributed by atoms with Crippen molar-refractivity contribution in [3.63, 3.8) is 0 Å². The Bertz CT molecular complexity index is 326. The molecule has 1 aromatic heterocycles. The molecule has 0 aliphatic carbocycles. The van der Waals surface area contributed by atoms with Gasteiger partial charge < -0.3 is 14.3 Å². The number of esters is 1. The Morgan fingerprint density at radius 2 is 2.45 bits per heavy atom. The van der Waals surface area contributed by atoms with E-state index in [0.29, 0.717) is 10.5 Å². The molecule has 0 atom stereocenters. The number of ether oxygens (including phenoxy) is 1. The number of carbonyl (C=O) groups is 1. The summed E-state index contributed by atoms with van der Waals surface area (Å²) in [5.74, 6) is -0.406. The summed E-state index contributed by atoms with van der Waals surface area (Å²) in [5.41, 5.74) is 0.375. The van der Waals surface area contributed by atoms with E-state index in [1.165, 1.54) is 7.11 Å². The van der Waals surface area contributed by atoms with E-state index in [4.69, 9.17) is 12.2 Å². The van der Waals surface area contributed by atoms with Crippen LogP contribution in [0.15, 0.2) is 6.20 Å². The second-order valence-corrected chi connectivity index (χ2v) is 2.46. The molecule has 0 aliphatic heterocycles. The van der Waals surface area contributed by atoms with Gasteiger partial charge >= 0.3 is 5.97 Å². The van der Waals surface area contributed by atoms with Gasteiger partial charge in [-0.3, -0.25) is 0 Å². The first-order valence-electron chi connectivity index (χ1n) is 2.99. The van der Waals surface area contributed by atoms with E-state index in [1.807, 2.05) is 0 Å². The fourth-order valence-electron chi connectivity index (χ4n) is 0.702. The van der Waals surface area contributed by atoms with Gasteiger partial charge in [0, 0.05) is 13.2 Å². The summed E-state index contributed by atoms with van der Waals surface area (Å²) in [6, 6.07) is 0. The second-order valence-electron chi connectivity index (χ2n) is 2.08. The largest absolute Gasteiger partial charge is 0.464 e. The van der Waals surface area contributed by atoms with Gasteiger partial charge in [-0.15, -0.1) is 0 Å². The van der Waals surface area contributed by atoms with Crippen molar-refractivity contribution in [2.24, 2.45) is 7.05 Å². The van der Waals surface area contributed by atoms with Crippen molar-refractivity contribution in [1.82, 2.24) is 9.55 Å². The highest BCUT2D eigenvalue weighted by Crippen LogP contribution is 1.97. The molecule has 0 radical (unpaired) electrons. The molecule has 1 heterocycles. The maximum atomic E-state index is 10.9. The lowest BCUT2D eigenvalue weighted by Crippen LogP contribution is -2.00. The zero-order valence-electron chi connectivity index (χ0n) is 6.25. The predicted molar refractivity (Wildman–Crippen MR) is 41.9 cm³/mol. The molecule has 4 nitrogen and oxygen atoms in total. The van der Waals surface area contributed by atoms with Gasteiger partial charge in [0.05, 0.1) is 7.11 Å². The summed E-state index contributed by atoms with van der Waals surface area (Å²) >= 11 is 4.84. The Kier molecular flexibility index (Phi) is 2.09. The first kappa shape index (κ1) is 8.00. The number of nitrogens with one attached hydrogen (secondary N) is 1. The lowest BCUT2D eigenvalue weighted by Gasteiger charge is -1.90. The Labute approximate surface area is 68.8 Å². The van der Waals surface area contributed by atoms with Crippen molar-refractivity contribution in [3.05, 3.63) is 16.7 Å². The Balaban J connectivity index is 3.07. The van der Waals surface area contributed by atoms with Crippen LogP contribution >= 0.6 is 12.2 Å². The van der Waals surface area contributed by atoms with Crippen LogP contribution in [0.5, 0.6) is 0 Å². The Morgan fingerprint density at radius 3 is 2.82 bits per heavy atom. The molecule has 1 aromatic rings. The molecule has 11 heavy (non-hydrogen) atoms. The standard InChI is InChI=1S/C6H8N2O2S/c1-8-3-4(5(9)10-2)7-6(8)11/h3H,1-2H3,(H,7,11). The van der Waals surface area contributed by atoms with Crippen LogP contribution in [0, 0.1) is 4.77 Å². The summed E-state index contributed by atoms with van der Waals surface area (Å²) in [7, 11) is 3.08. The minimum absolute atomic E-state index is 0.375. The molecule has 5 heteroatoms. The molecule has 0 fully saturated rings. The van der Waals surface area contributed by atoms with Gasteiger partial charge in [-0.1, -0.05) is 0 Å². The predicted octanol–water partition coefficient (Wildman–Crippen LogP) is 0.869. The van der Waals surface area contributed by atoms with E-state index >= 15 is 0 Å². The quantitative estimate of drug-likeness (QED) is 0.505. The molecule has 0 spiro atoms. The second kappa shape index (κ2) is 2.87. The summed E-state index contributed by atoms with van der Waals surface area (Å²) in [6.45, 7) is 0. The zero-order valence-corrected chi connectivity index (χ0v) is 7.07. The highest BCUT2D eigenvalue weighted by molar-refractivity contribution is 7.71. The highest BCUT2D eigenvalue weighted by Gasteiger charge is 2.06. The molecule has 0 saturated heterocycles. The number of nitrogens with zero attached hydrogens (tertiary/aromatic N) is 1. The number of methoxy groups -OCH3 is 1. The van der Waals surface area contributed by atoms with Gasteiger partial charge in [0.15, 0.2) is 4.77 Å². The SMILES string of the molecule is COC(=O)c1cn(C)c(=S)[nH]1. The average Bonchev–Trinajstić information content (AvgIpc) is 2.31. The highest BCUT2D eigenvalue weighted by atomic mass is 32.1. The first-order chi connectivity index (χ1) is 5.15. The molecule has 1 N–H and O–H groups in total. The van der Waals surface area contributed by atoms with Crippen molar-refractivity contribution in [2.75, 3.05) is 7.11 Å². The fraction of sp³-hybridized carbons (Fsp3) is 0.333. The van der Waals surface area contributed by atoms with E-state index in [2.05, 4.69) is 9.72 Å². The lowest BCUT2D eigenvalue weighted by atomic mass is 10.5. The van der Waals surface area contributed by atoms with Gasteiger partial charge in [0.1, 0.15) is 5.69 Å². The Morgan fingerprint density at radius 1 is 1.82 bits per heavy atom. The number of hydrogen-bond acceptors (Lipinski definition) is 3. The molecule has 0 aromatic carbocycles. The van der Waals surface area contributed by atoms with Gasteiger partial charge in [-0.2, -0.15) is 0 Å². The third kappa shape index (κ3) is 1.48. The number of imidazole rings is 1. The normalized spacial score (nSPS) is 9.64. The van der Waals surface area contributed by atoms with Crippen LogP contribution in [0.2, 0.25) is 0 Å². The van der Waals surface area contributed by atoms with Gasteiger partial charge in [-0.05, 0) is 12.2 Å².